The number of piperazine rings is 1. The minimum Gasteiger partial charge on any atom is -0.454 e. The minimum atomic E-state index is -3.87. The van der Waals surface area contributed by atoms with Gasteiger partial charge in [0.05, 0.1) is 9.82 Å². The number of fused-ring (bicyclic) bond motifs is 1. The molecule has 0 aliphatic carbocycles. The molecule has 0 amide bonds. The summed E-state index contributed by atoms with van der Waals surface area (Å²) in [6.07, 6.45) is 1.20. The number of nitrogens with zero attached hydrogens (tertiary/aromatic N) is 5. The molecule has 14 heteroatoms. The van der Waals surface area contributed by atoms with Gasteiger partial charge in [-0.05, 0) is 42.0 Å². The maximum Gasteiger partial charge on any atom is 0.373 e. The first-order chi connectivity index (χ1) is 17.3. The number of aromatic nitrogens is 2. The molecule has 1 saturated heterocycles. The molecule has 0 bridgehead atoms. The zero-order valence-corrected chi connectivity index (χ0v) is 19.8. The van der Waals surface area contributed by atoms with Crippen molar-refractivity contribution in [2.75, 3.05) is 37.9 Å². The molecule has 5 rings (SSSR count). The Morgan fingerprint density at radius 2 is 1.75 bits per heavy atom. The molecular weight excluding hydrogens is 492 g/mol. The van der Waals surface area contributed by atoms with Crippen LogP contribution < -0.4 is 24.2 Å². The second kappa shape index (κ2) is 9.56. The number of hydrogen-bond donors (Lipinski definition) is 1. The molecule has 1 fully saturated rings. The number of benzene rings is 2. The Balaban J connectivity index is 1.29. The standard InChI is InChI=1S/C22H22N6O7S/c23-36(31,32)17-4-2-16(3-5-17)35-22-20(28(29)30)21(24-13-25-22)27-9-7-26(8-10-27)12-15-1-6-18-19(11-15)34-14-33-18/h1-6,11,13H,7-10,12,14H2,(H2,23,31,32). The van der Waals surface area contributed by atoms with Crippen LogP contribution in [0.3, 0.4) is 0 Å². The van der Waals surface area contributed by atoms with Gasteiger partial charge in [0.15, 0.2) is 11.5 Å². The Labute approximate surface area is 206 Å². The van der Waals surface area contributed by atoms with Crippen LogP contribution in [-0.2, 0) is 16.6 Å². The summed E-state index contributed by atoms with van der Waals surface area (Å²) < 4.78 is 39.3. The number of nitrogens with two attached hydrogens (primary N) is 1. The summed E-state index contributed by atoms with van der Waals surface area (Å²) in [6.45, 7) is 3.30. The highest BCUT2D eigenvalue weighted by molar-refractivity contribution is 7.89. The number of nitro groups is 1. The van der Waals surface area contributed by atoms with Crippen LogP contribution in [0.25, 0.3) is 0 Å². The molecule has 2 N–H and O–H groups in total. The van der Waals surface area contributed by atoms with Crippen LogP contribution in [0, 0.1) is 10.1 Å². The van der Waals surface area contributed by atoms with Gasteiger partial charge in [0.25, 0.3) is 0 Å². The summed E-state index contributed by atoms with van der Waals surface area (Å²) in [7, 11) is -3.87. The lowest BCUT2D eigenvalue weighted by Crippen LogP contribution is -2.46. The average molecular weight is 515 g/mol. The first-order valence-electron chi connectivity index (χ1n) is 10.9. The molecule has 188 valence electrons. The Hall–Kier alpha value is -4.01. The van der Waals surface area contributed by atoms with Gasteiger partial charge in [0.2, 0.25) is 22.6 Å². The lowest BCUT2D eigenvalue weighted by atomic mass is 10.1. The number of sulfonamides is 1. The number of primary sulfonamides is 1. The van der Waals surface area contributed by atoms with Crippen molar-refractivity contribution in [1.29, 1.82) is 0 Å². The molecule has 13 nitrogen and oxygen atoms in total. The highest BCUT2D eigenvalue weighted by atomic mass is 32.2. The van der Waals surface area contributed by atoms with Gasteiger partial charge in [0, 0.05) is 32.7 Å². The van der Waals surface area contributed by atoms with Crippen molar-refractivity contribution in [2.24, 2.45) is 5.14 Å². The van der Waals surface area contributed by atoms with Crippen molar-refractivity contribution in [3.05, 3.63) is 64.5 Å². The van der Waals surface area contributed by atoms with Crippen molar-refractivity contribution >= 4 is 21.5 Å². The first-order valence-corrected chi connectivity index (χ1v) is 12.5. The third-order valence-corrected chi connectivity index (χ3v) is 6.76. The maximum atomic E-state index is 12.0. The molecule has 2 aliphatic heterocycles. The Morgan fingerprint density at radius 3 is 2.44 bits per heavy atom. The molecule has 0 spiro atoms. The smallest absolute Gasteiger partial charge is 0.373 e. The van der Waals surface area contributed by atoms with Crippen molar-refractivity contribution in [2.45, 2.75) is 11.4 Å². The van der Waals surface area contributed by atoms with Gasteiger partial charge in [-0.1, -0.05) is 6.07 Å². The fourth-order valence-electron chi connectivity index (χ4n) is 4.04. The second-order valence-corrected chi connectivity index (χ2v) is 9.74. The normalized spacial score (nSPS) is 15.6. The first kappa shape index (κ1) is 23.7. The number of rotatable bonds is 7. The van der Waals surface area contributed by atoms with E-state index in [1.165, 1.54) is 30.6 Å². The summed E-state index contributed by atoms with van der Waals surface area (Å²) in [5.74, 6) is 1.56. The van der Waals surface area contributed by atoms with Gasteiger partial charge in [-0.3, -0.25) is 15.0 Å². The van der Waals surface area contributed by atoms with E-state index in [1.807, 2.05) is 23.1 Å². The van der Waals surface area contributed by atoms with Gasteiger partial charge in [-0.2, -0.15) is 4.98 Å². The van der Waals surface area contributed by atoms with Gasteiger partial charge >= 0.3 is 11.6 Å². The van der Waals surface area contributed by atoms with Gasteiger partial charge < -0.3 is 19.1 Å². The quantitative estimate of drug-likeness (QED) is 0.362. The van der Waals surface area contributed by atoms with E-state index in [2.05, 4.69) is 14.9 Å². The molecule has 3 aromatic rings. The predicted octanol–water partition coefficient (Wildman–Crippen LogP) is 1.88. The van der Waals surface area contributed by atoms with Crippen LogP contribution in [0.2, 0.25) is 0 Å². The summed E-state index contributed by atoms with van der Waals surface area (Å²) in [5, 5.41) is 17.1. The van der Waals surface area contributed by atoms with Crippen LogP contribution >= 0.6 is 0 Å². The zero-order chi connectivity index (χ0) is 25.3. The highest BCUT2D eigenvalue weighted by Gasteiger charge is 2.31. The monoisotopic (exact) mass is 514 g/mol. The molecular formula is C22H22N6O7S. The van der Waals surface area contributed by atoms with E-state index < -0.39 is 14.9 Å². The van der Waals surface area contributed by atoms with E-state index in [0.717, 1.165) is 17.1 Å². The minimum absolute atomic E-state index is 0.105. The Kier molecular flexibility index (Phi) is 6.30. The van der Waals surface area contributed by atoms with Crippen molar-refractivity contribution in [1.82, 2.24) is 14.9 Å². The van der Waals surface area contributed by atoms with Crippen molar-refractivity contribution in [3.63, 3.8) is 0 Å². The number of anilines is 1. The number of ether oxygens (including phenoxy) is 3. The van der Waals surface area contributed by atoms with Gasteiger partial charge in [0.1, 0.15) is 12.1 Å². The van der Waals surface area contributed by atoms with Gasteiger partial charge in [-0.25, -0.2) is 18.5 Å². The van der Waals surface area contributed by atoms with E-state index in [1.54, 1.807) is 0 Å². The van der Waals surface area contributed by atoms with Gasteiger partial charge in [-0.15, -0.1) is 0 Å². The molecule has 2 aromatic carbocycles. The SMILES string of the molecule is NS(=O)(=O)c1ccc(Oc2ncnc(N3CCN(Cc4ccc5c(c4)OCO5)CC3)c2[N+](=O)[O-])cc1. The van der Waals surface area contributed by atoms with Crippen LogP contribution in [-0.4, -0.2) is 61.2 Å². The number of hydrogen-bond acceptors (Lipinski definition) is 11. The van der Waals surface area contributed by atoms with Crippen LogP contribution in [0.5, 0.6) is 23.1 Å². The predicted molar refractivity (Wildman–Crippen MR) is 127 cm³/mol. The van der Waals surface area contributed by atoms with Crippen molar-refractivity contribution in [3.8, 4) is 23.1 Å². The molecule has 3 heterocycles. The van der Waals surface area contributed by atoms with E-state index in [0.29, 0.717) is 32.7 Å². The van der Waals surface area contributed by atoms with E-state index >= 15 is 0 Å². The van der Waals surface area contributed by atoms with Crippen LogP contribution in [0.1, 0.15) is 5.56 Å². The third-order valence-electron chi connectivity index (χ3n) is 5.83. The lowest BCUT2D eigenvalue weighted by molar-refractivity contribution is -0.385. The van der Waals surface area contributed by atoms with E-state index in [4.69, 9.17) is 19.3 Å². The fraction of sp³-hybridized carbons (Fsp3) is 0.273. The Morgan fingerprint density at radius 1 is 1.03 bits per heavy atom. The average Bonchev–Trinajstić information content (AvgIpc) is 3.32. The zero-order valence-electron chi connectivity index (χ0n) is 18.9. The lowest BCUT2D eigenvalue weighted by Gasteiger charge is -2.35. The molecule has 0 saturated carbocycles. The largest absolute Gasteiger partial charge is 0.454 e. The molecule has 0 unspecified atom stereocenters. The summed E-state index contributed by atoms with van der Waals surface area (Å²) >= 11 is 0. The van der Waals surface area contributed by atoms with Crippen LogP contribution in [0.4, 0.5) is 11.5 Å². The van der Waals surface area contributed by atoms with Crippen LogP contribution in [0.15, 0.2) is 53.7 Å². The summed E-state index contributed by atoms with van der Waals surface area (Å²) in [4.78, 5) is 23.4. The van der Waals surface area contributed by atoms with E-state index in [9.17, 15) is 18.5 Å². The maximum absolute atomic E-state index is 12.0. The van der Waals surface area contributed by atoms with E-state index in [-0.39, 0.29) is 34.8 Å². The third kappa shape index (κ3) is 5.00. The molecule has 0 radical (unpaired) electrons. The molecule has 2 aliphatic rings. The highest BCUT2D eigenvalue weighted by Crippen LogP contribution is 2.37. The Bertz CT molecular complexity index is 1390. The fourth-order valence-corrected chi connectivity index (χ4v) is 4.56. The molecule has 0 atom stereocenters. The topological polar surface area (TPSA) is 163 Å². The summed E-state index contributed by atoms with van der Waals surface area (Å²) in [5.41, 5.74) is 0.724. The molecule has 1 aromatic heterocycles. The second-order valence-electron chi connectivity index (χ2n) is 8.18. The molecule has 36 heavy (non-hydrogen) atoms. The summed E-state index contributed by atoms with van der Waals surface area (Å²) in [6, 6.07) is 11.0. The van der Waals surface area contributed by atoms with Crippen molar-refractivity contribution < 1.29 is 27.6 Å².